The van der Waals surface area contributed by atoms with Crippen LogP contribution in [0.25, 0.3) is 0 Å². The Morgan fingerprint density at radius 3 is 2.76 bits per heavy atom. The molecule has 1 fully saturated rings. The topological polar surface area (TPSA) is 75.4 Å². The lowest BCUT2D eigenvalue weighted by Crippen LogP contribution is -2.50. The smallest absolute Gasteiger partial charge is 0.243 e. The van der Waals surface area contributed by atoms with Gasteiger partial charge < -0.3 is 16.0 Å². The molecule has 1 saturated heterocycles. The van der Waals surface area contributed by atoms with Crippen molar-refractivity contribution >= 4 is 11.8 Å². The lowest BCUT2D eigenvalue weighted by molar-refractivity contribution is -0.138. The number of hydrogen-bond donors (Lipinski definition) is 2. The molecule has 21 heavy (non-hydrogen) atoms. The zero-order valence-corrected chi connectivity index (χ0v) is 12.4. The van der Waals surface area contributed by atoms with Crippen molar-refractivity contribution in [1.29, 1.82) is 0 Å². The van der Waals surface area contributed by atoms with E-state index < -0.39 is 0 Å². The van der Waals surface area contributed by atoms with Gasteiger partial charge in [-0.25, -0.2) is 0 Å². The summed E-state index contributed by atoms with van der Waals surface area (Å²) in [5, 5.41) is 2.86. The molecule has 1 aromatic carbocycles. The third-order valence-corrected chi connectivity index (χ3v) is 3.82. The summed E-state index contributed by atoms with van der Waals surface area (Å²) in [6, 6.07) is 9.20. The van der Waals surface area contributed by atoms with Gasteiger partial charge in [-0.05, 0) is 25.3 Å². The first kappa shape index (κ1) is 15.5. The molecule has 5 heteroatoms. The van der Waals surface area contributed by atoms with Crippen LogP contribution in [0, 0.1) is 0 Å². The minimum Gasteiger partial charge on any atom is -0.351 e. The van der Waals surface area contributed by atoms with E-state index in [4.69, 9.17) is 5.73 Å². The molecule has 1 heterocycles. The first-order valence-corrected chi connectivity index (χ1v) is 7.45. The summed E-state index contributed by atoms with van der Waals surface area (Å²) in [5.74, 6) is -0.0777. The van der Waals surface area contributed by atoms with Gasteiger partial charge in [-0.15, -0.1) is 0 Å². The molecule has 1 unspecified atom stereocenters. The van der Waals surface area contributed by atoms with Crippen LogP contribution in [0.5, 0.6) is 0 Å². The van der Waals surface area contributed by atoms with Crippen molar-refractivity contribution in [2.24, 2.45) is 5.73 Å². The summed E-state index contributed by atoms with van der Waals surface area (Å²) in [6.45, 7) is 2.92. The van der Waals surface area contributed by atoms with Crippen molar-refractivity contribution in [2.45, 2.75) is 38.3 Å². The Morgan fingerprint density at radius 1 is 1.38 bits per heavy atom. The maximum Gasteiger partial charge on any atom is 0.243 e. The van der Waals surface area contributed by atoms with E-state index in [-0.39, 0.29) is 23.9 Å². The summed E-state index contributed by atoms with van der Waals surface area (Å²) in [7, 11) is 0. The van der Waals surface area contributed by atoms with Crippen LogP contribution in [0.1, 0.15) is 25.3 Å². The average Bonchev–Trinajstić information content (AvgIpc) is 2.97. The number of rotatable bonds is 5. The molecule has 1 aliphatic heterocycles. The highest BCUT2D eigenvalue weighted by molar-refractivity contribution is 5.89. The number of benzene rings is 1. The summed E-state index contributed by atoms with van der Waals surface area (Å²) in [4.78, 5) is 26.3. The molecule has 1 aromatic rings. The quantitative estimate of drug-likeness (QED) is 0.837. The molecule has 0 saturated carbocycles. The van der Waals surface area contributed by atoms with Crippen LogP contribution in [0.2, 0.25) is 0 Å². The molecular weight excluding hydrogens is 266 g/mol. The number of likely N-dealkylation sites (tertiary alicyclic amines) is 1. The van der Waals surface area contributed by atoms with Crippen molar-refractivity contribution in [3.63, 3.8) is 0 Å². The monoisotopic (exact) mass is 289 g/mol. The van der Waals surface area contributed by atoms with E-state index in [2.05, 4.69) is 5.32 Å². The predicted octanol–water partition coefficient (Wildman–Crippen LogP) is 0.684. The second-order valence-electron chi connectivity index (χ2n) is 5.55. The lowest BCUT2D eigenvalue weighted by Gasteiger charge is -2.25. The van der Waals surface area contributed by atoms with Gasteiger partial charge >= 0.3 is 0 Å². The van der Waals surface area contributed by atoms with E-state index in [0.29, 0.717) is 19.5 Å². The van der Waals surface area contributed by atoms with Crippen molar-refractivity contribution in [3.8, 4) is 0 Å². The molecular formula is C16H23N3O2. The van der Waals surface area contributed by atoms with Crippen molar-refractivity contribution < 1.29 is 9.59 Å². The van der Waals surface area contributed by atoms with E-state index in [1.807, 2.05) is 37.3 Å². The highest BCUT2D eigenvalue weighted by Crippen LogP contribution is 2.19. The molecule has 2 rings (SSSR count). The normalized spacial score (nSPS) is 19.3. The van der Waals surface area contributed by atoms with Gasteiger partial charge in [-0.3, -0.25) is 9.59 Å². The molecule has 5 nitrogen and oxygen atoms in total. The van der Waals surface area contributed by atoms with E-state index in [0.717, 1.165) is 18.4 Å². The highest BCUT2D eigenvalue weighted by Gasteiger charge is 2.34. The van der Waals surface area contributed by atoms with Crippen LogP contribution in [-0.2, 0) is 16.0 Å². The van der Waals surface area contributed by atoms with Gasteiger partial charge in [-0.2, -0.15) is 0 Å². The first-order chi connectivity index (χ1) is 10.1. The number of carbonyl (C=O) groups is 2. The van der Waals surface area contributed by atoms with Crippen LogP contribution in [0.4, 0.5) is 0 Å². The van der Waals surface area contributed by atoms with E-state index in [1.54, 1.807) is 4.90 Å². The van der Waals surface area contributed by atoms with E-state index in [1.165, 1.54) is 0 Å². The molecule has 2 atom stereocenters. The van der Waals surface area contributed by atoms with Crippen LogP contribution < -0.4 is 11.1 Å². The summed E-state index contributed by atoms with van der Waals surface area (Å²) in [6.07, 6.45) is 1.94. The van der Waals surface area contributed by atoms with Gasteiger partial charge in [-0.1, -0.05) is 30.3 Å². The summed E-state index contributed by atoms with van der Waals surface area (Å²) < 4.78 is 0. The molecule has 0 radical (unpaired) electrons. The fourth-order valence-corrected chi connectivity index (χ4v) is 2.61. The van der Waals surface area contributed by atoms with E-state index in [9.17, 15) is 9.59 Å². The second-order valence-corrected chi connectivity index (χ2v) is 5.55. The van der Waals surface area contributed by atoms with Crippen molar-refractivity contribution in [3.05, 3.63) is 35.9 Å². The minimum absolute atomic E-state index is 0.0132. The molecule has 0 aromatic heterocycles. The molecule has 1 aliphatic rings. The Labute approximate surface area is 125 Å². The fourth-order valence-electron chi connectivity index (χ4n) is 2.61. The summed E-state index contributed by atoms with van der Waals surface area (Å²) in [5.41, 5.74) is 6.50. The number of nitrogens with zero attached hydrogens (tertiary/aromatic N) is 1. The van der Waals surface area contributed by atoms with Gasteiger partial charge in [0.1, 0.15) is 6.04 Å². The Balaban J connectivity index is 1.97. The third kappa shape index (κ3) is 4.04. The number of hydrogen-bond acceptors (Lipinski definition) is 3. The Morgan fingerprint density at radius 2 is 2.10 bits per heavy atom. The zero-order chi connectivity index (χ0) is 15.2. The molecule has 3 N–H and O–H groups in total. The van der Waals surface area contributed by atoms with Crippen LogP contribution in [0.15, 0.2) is 30.3 Å². The largest absolute Gasteiger partial charge is 0.351 e. The van der Waals surface area contributed by atoms with Crippen molar-refractivity contribution in [1.82, 2.24) is 10.2 Å². The highest BCUT2D eigenvalue weighted by atomic mass is 16.2. The molecule has 0 bridgehead atoms. The number of carbonyl (C=O) groups excluding carboxylic acids is 2. The summed E-state index contributed by atoms with van der Waals surface area (Å²) >= 11 is 0. The Bertz CT molecular complexity index is 490. The number of nitrogens with two attached hydrogens (primary N) is 1. The minimum atomic E-state index is -0.352. The third-order valence-electron chi connectivity index (χ3n) is 3.82. The van der Waals surface area contributed by atoms with Crippen molar-refractivity contribution in [2.75, 3.05) is 13.1 Å². The zero-order valence-electron chi connectivity index (χ0n) is 12.4. The van der Waals surface area contributed by atoms with Gasteiger partial charge in [0.05, 0.1) is 6.42 Å². The number of nitrogens with one attached hydrogen (secondary N) is 1. The van der Waals surface area contributed by atoms with Crippen LogP contribution in [0.3, 0.4) is 0 Å². The SMILES string of the molecule is C[C@@H](CN)NC(=O)C1CCCN1C(=O)Cc1ccccc1. The molecule has 2 amide bonds. The average molecular weight is 289 g/mol. The van der Waals surface area contributed by atoms with Gasteiger partial charge in [0.15, 0.2) is 0 Å². The standard InChI is InChI=1S/C16H23N3O2/c1-12(11-17)18-16(21)14-8-5-9-19(14)15(20)10-13-6-3-2-4-7-13/h2-4,6-7,12,14H,5,8-11,17H2,1H3,(H,18,21)/t12-,14?/m0/s1. The Kier molecular flexibility index (Phi) is 5.33. The van der Waals surface area contributed by atoms with Crippen LogP contribution in [-0.4, -0.2) is 41.9 Å². The molecule has 0 spiro atoms. The molecule has 0 aliphatic carbocycles. The maximum atomic E-state index is 12.4. The van der Waals surface area contributed by atoms with Gasteiger partial charge in [0.2, 0.25) is 11.8 Å². The Hall–Kier alpha value is -1.88. The second kappa shape index (κ2) is 7.22. The lowest BCUT2D eigenvalue weighted by atomic mass is 10.1. The first-order valence-electron chi connectivity index (χ1n) is 7.45. The number of amides is 2. The van der Waals surface area contributed by atoms with Crippen LogP contribution >= 0.6 is 0 Å². The fraction of sp³-hybridized carbons (Fsp3) is 0.500. The molecule has 114 valence electrons. The van der Waals surface area contributed by atoms with Gasteiger partial charge in [0.25, 0.3) is 0 Å². The predicted molar refractivity (Wildman–Crippen MR) is 81.5 cm³/mol. The maximum absolute atomic E-state index is 12.4. The van der Waals surface area contributed by atoms with E-state index >= 15 is 0 Å². The van der Waals surface area contributed by atoms with Gasteiger partial charge in [0, 0.05) is 19.1 Å².